The van der Waals surface area contributed by atoms with E-state index < -0.39 is 17.6 Å². The third-order valence-electron chi connectivity index (χ3n) is 3.49. The number of ether oxygens (including phenoxy) is 1. The van der Waals surface area contributed by atoms with Crippen LogP contribution in [0.1, 0.15) is 43.6 Å². The van der Waals surface area contributed by atoms with Crippen LogP contribution < -0.4 is 27.0 Å². The summed E-state index contributed by atoms with van der Waals surface area (Å²) in [6, 6.07) is 6.89. The zero-order valence-electron chi connectivity index (χ0n) is 18.4. The molecule has 1 aromatic carbocycles. The topological polar surface area (TPSA) is 147 Å². The number of rotatable bonds is 9. The van der Waals surface area contributed by atoms with E-state index in [9.17, 15) is 14.4 Å². The summed E-state index contributed by atoms with van der Waals surface area (Å²) in [5, 5.41) is 11.4. The molecule has 0 bridgehead atoms. The summed E-state index contributed by atoms with van der Waals surface area (Å²) in [6.07, 6.45) is -0.466. The van der Waals surface area contributed by atoms with Gasteiger partial charge in [0.15, 0.2) is 5.96 Å². The van der Waals surface area contributed by atoms with Gasteiger partial charge in [0.2, 0.25) is 5.91 Å². The third kappa shape index (κ3) is 13.4. The van der Waals surface area contributed by atoms with Gasteiger partial charge in [-0.1, -0.05) is 12.1 Å². The van der Waals surface area contributed by atoms with Gasteiger partial charge >= 0.3 is 6.09 Å². The first-order chi connectivity index (χ1) is 14.1. The molecule has 0 atom stereocenters. The molecule has 0 fully saturated rings. The molecule has 0 aliphatic carbocycles. The fraction of sp³-hybridized carbons (Fsp3) is 0.500. The Hall–Kier alpha value is -2.57. The second-order valence-corrected chi connectivity index (χ2v) is 7.40. The predicted molar refractivity (Wildman–Crippen MR) is 130 cm³/mol. The average Bonchev–Trinajstić information content (AvgIpc) is 2.66. The molecule has 6 N–H and O–H groups in total. The Morgan fingerprint density at radius 3 is 2.16 bits per heavy atom. The number of guanidine groups is 1. The predicted octanol–water partition coefficient (Wildman–Crippen LogP) is 1.10. The molecule has 10 nitrogen and oxygen atoms in total. The normalized spacial score (nSPS) is 11.0. The highest BCUT2D eigenvalue weighted by Crippen LogP contribution is 2.06. The third-order valence-corrected chi connectivity index (χ3v) is 3.49. The molecule has 0 spiro atoms. The van der Waals surface area contributed by atoms with Crippen molar-refractivity contribution in [2.24, 2.45) is 10.7 Å². The second-order valence-electron chi connectivity index (χ2n) is 7.40. The Morgan fingerprint density at radius 2 is 1.61 bits per heavy atom. The second kappa shape index (κ2) is 14.4. The van der Waals surface area contributed by atoms with Crippen molar-refractivity contribution >= 4 is 47.8 Å². The Kier molecular flexibility index (Phi) is 13.2. The smallest absolute Gasteiger partial charge is 0.407 e. The average molecular weight is 548 g/mol. The largest absolute Gasteiger partial charge is 0.444 e. The highest BCUT2D eigenvalue weighted by Gasteiger charge is 2.15. The van der Waals surface area contributed by atoms with Gasteiger partial charge in [-0.15, -0.1) is 24.0 Å². The number of nitrogens with two attached hydrogens (primary N) is 1. The Bertz CT molecular complexity index is 747. The first-order valence-electron chi connectivity index (χ1n) is 9.75. The highest BCUT2D eigenvalue weighted by atomic mass is 127. The number of halogens is 1. The quantitative estimate of drug-likeness (QED) is 0.135. The number of carbonyl (C=O) groups excluding carboxylic acids is 3. The fourth-order valence-corrected chi connectivity index (χ4v) is 2.20. The molecule has 174 valence electrons. The highest BCUT2D eigenvalue weighted by molar-refractivity contribution is 14.0. The Labute approximate surface area is 200 Å². The Balaban J connectivity index is 0.00000900. The summed E-state index contributed by atoms with van der Waals surface area (Å²) in [5.74, 6) is -0.359. The van der Waals surface area contributed by atoms with Crippen LogP contribution in [0.15, 0.2) is 29.3 Å². The van der Waals surface area contributed by atoms with Gasteiger partial charge in [0, 0.05) is 25.2 Å². The molecule has 1 aromatic rings. The molecular weight excluding hydrogens is 515 g/mol. The molecule has 0 aromatic heterocycles. The maximum atomic E-state index is 11.9. The molecular formula is C20H33IN6O4. The summed E-state index contributed by atoms with van der Waals surface area (Å²) >= 11 is 0. The standard InChI is InChI=1S/C20H32N6O4.HI/c1-5-22-18(23-10-11-24-19(29)30-20(2,3)4)26-12-14-6-8-15(9-7-14)17(28)25-13-16(21)27;/h6-9H,5,10-13H2,1-4H3,(H2,21,27)(H,24,29)(H,25,28)(H2,22,23,26);1H. The SMILES string of the molecule is CCNC(=NCc1ccc(C(=O)NCC(N)=O)cc1)NCCNC(=O)OC(C)(C)C.I. The van der Waals surface area contributed by atoms with Crippen LogP contribution >= 0.6 is 24.0 Å². The minimum atomic E-state index is -0.598. The minimum Gasteiger partial charge on any atom is -0.444 e. The molecule has 0 heterocycles. The lowest BCUT2D eigenvalue weighted by Crippen LogP contribution is -2.42. The van der Waals surface area contributed by atoms with Gasteiger partial charge in [0.25, 0.3) is 5.91 Å². The van der Waals surface area contributed by atoms with E-state index in [0.717, 1.165) is 5.56 Å². The number of primary amides is 1. The van der Waals surface area contributed by atoms with E-state index in [4.69, 9.17) is 10.5 Å². The van der Waals surface area contributed by atoms with Crippen molar-refractivity contribution in [2.75, 3.05) is 26.2 Å². The van der Waals surface area contributed by atoms with E-state index in [1.807, 2.05) is 6.92 Å². The van der Waals surface area contributed by atoms with Gasteiger partial charge in [0.1, 0.15) is 5.60 Å². The van der Waals surface area contributed by atoms with Crippen LogP contribution in [-0.4, -0.2) is 55.6 Å². The maximum Gasteiger partial charge on any atom is 0.407 e. The molecule has 0 radical (unpaired) electrons. The lowest BCUT2D eigenvalue weighted by Gasteiger charge is -2.19. The van der Waals surface area contributed by atoms with E-state index in [0.29, 0.717) is 37.7 Å². The molecule has 0 unspecified atom stereocenters. The number of aliphatic imine (C=N–C) groups is 1. The van der Waals surface area contributed by atoms with Crippen LogP contribution in [0.4, 0.5) is 4.79 Å². The number of hydrogen-bond donors (Lipinski definition) is 5. The van der Waals surface area contributed by atoms with E-state index in [1.165, 1.54) is 0 Å². The zero-order chi connectivity index (χ0) is 22.6. The summed E-state index contributed by atoms with van der Waals surface area (Å²) in [6.45, 7) is 9.12. The van der Waals surface area contributed by atoms with E-state index in [2.05, 4.69) is 26.3 Å². The van der Waals surface area contributed by atoms with Crippen LogP contribution in [0.25, 0.3) is 0 Å². The number of carbonyl (C=O) groups is 3. The number of alkyl carbamates (subject to hydrolysis) is 1. The van der Waals surface area contributed by atoms with Crippen LogP contribution in [0.2, 0.25) is 0 Å². The summed E-state index contributed by atoms with van der Waals surface area (Å²) in [5.41, 5.74) is 5.82. The molecule has 31 heavy (non-hydrogen) atoms. The van der Waals surface area contributed by atoms with Crippen LogP contribution in [-0.2, 0) is 16.1 Å². The van der Waals surface area contributed by atoms with Crippen molar-refractivity contribution in [3.8, 4) is 0 Å². The first-order valence-corrected chi connectivity index (χ1v) is 9.75. The van der Waals surface area contributed by atoms with E-state index in [1.54, 1.807) is 45.0 Å². The first kappa shape index (κ1) is 28.4. The lowest BCUT2D eigenvalue weighted by molar-refractivity contribution is -0.117. The molecule has 0 aliphatic rings. The maximum absolute atomic E-state index is 11.9. The van der Waals surface area contributed by atoms with Gasteiger partial charge in [-0.3, -0.25) is 9.59 Å². The molecule has 3 amide bonds. The number of nitrogens with one attached hydrogen (secondary N) is 4. The van der Waals surface area contributed by atoms with Gasteiger partial charge < -0.3 is 31.7 Å². The van der Waals surface area contributed by atoms with Gasteiger partial charge in [-0.05, 0) is 45.4 Å². The van der Waals surface area contributed by atoms with Crippen molar-refractivity contribution in [1.29, 1.82) is 0 Å². The van der Waals surface area contributed by atoms with Gasteiger partial charge in [-0.2, -0.15) is 0 Å². The Morgan fingerprint density at radius 1 is 1.00 bits per heavy atom. The summed E-state index contributed by atoms with van der Waals surface area (Å²) in [4.78, 5) is 38.7. The van der Waals surface area contributed by atoms with Crippen molar-refractivity contribution < 1.29 is 19.1 Å². The number of amides is 3. The van der Waals surface area contributed by atoms with Gasteiger partial charge in [-0.25, -0.2) is 9.79 Å². The van der Waals surface area contributed by atoms with E-state index in [-0.39, 0.29) is 36.4 Å². The van der Waals surface area contributed by atoms with Crippen molar-refractivity contribution in [3.63, 3.8) is 0 Å². The molecule has 11 heteroatoms. The monoisotopic (exact) mass is 548 g/mol. The summed E-state index contributed by atoms with van der Waals surface area (Å²) in [7, 11) is 0. The summed E-state index contributed by atoms with van der Waals surface area (Å²) < 4.78 is 5.18. The molecule has 0 aliphatic heterocycles. The van der Waals surface area contributed by atoms with Crippen molar-refractivity contribution in [3.05, 3.63) is 35.4 Å². The molecule has 1 rings (SSSR count). The van der Waals surface area contributed by atoms with Crippen LogP contribution in [0.5, 0.6) is 0 Å². The lowest BCUT2D eigenvalue weighted by atomic mass is 10.1. The fourth-order valence-electron chi connectivity index (χ4n) is 2.20. The molecule has 0 saturated carbocycles. The van der Waals surface area contributed by atoms with Crippen molar-refractivity contribution in [2.45, 2.75) is 39.8 Å². The zero-order valence-corrected chi connectivity index (χ0v) is 20.7. The minimum absolute atomic E-state index is 0. The molecule has 0 saturated heterocycles. The van der Waals surface area contributed by atoms with Gasteiger partial charge in [0.05, 0.1) is 13.1 Å². The van der Waals surface area contributed by atoms with Crippen LogP contribution in [0.3, 0.4) is 0 Å². The number of hydrogen-bond acceptors (Lipinski definition) is 5. The van der Waals surface area contributed by atoms with Crippen LogP contribution in [0, 0.1) is 0 Å². The number of nitrogens with zero attached hydrogens (tertiary/aromatic N) is 1. The number of benzene rings is 1. The van der Waals surface area contributed by atoms with Crippen molar-refractivity contribution in [1.82, 2.24) is 21.3 Å². The van der Waals surface area contributed by atoms with E-state index >= 15 is 0 Å².